The number of nitrogens with one attached hydrogen (secondary N) is 1. The molecule has 0 radical (unpaired) electrons. The molecule has 7 heteroatoms. The molecule has 1 aliphatic carbocycles. The molecule has 118 valence electrons. The van der Waals surface area contributed by atoms with Crippen LogP contribution in [-0.4, -0.2) is 29.3 Å². The maximum absolute atomic E-state index is 12.4. The lowest BCUT2D eigenvalue weighted by Gasteiger charge is -2.30. The molecule has 1 saturated carbocycles. The zero-order valence-corrected chi connectivity index (χ0v) is 13.8. The van der Waals surface area contributed by atoms with Crippen molar-refractivity contribution in [3.63, 3.8) is 0 Å². The summed E-state index contributed by atoms with van der Waals surface area (Å²) in [7, 11) is 0. The number of rotatable bonds is 2. The summed E-state index contributed by atoms with van der Waals surface area (Å²) in [5.41, 5.74) is 1.64. The summed E-state index contributed by atoms with van der Waals surface area (Å²) in [6.45, 7) is 1.08. The Balaban J connectivity index is 1.67. The van der Waals surface area contributed by atoms with Gasteiger partial charge in [-0.15, -0.1) is 0 Å². The Bertz CT molecular complexity index is 756. The summed E-state index contributed by atoms with van der Waals surface area (Å²) in [6.07, 6.45) is 3.74. The van der Waals surface area contributed by atoms with E-state index in [0.29, 0.717) is 28.1 Å². The van der Waals surface area contributed by atoms with Crippen molar-refractivity contribution in [3.05, 3.63) is 28.7 Å². The van der Waals surface area contributed by atoms with Crippen molar-refractivity contribution < 1.29 is 14.3 Å². The number of fused-ring (bicyclic) bond motifs is 1. The van der Waals surface area contributed by atoms with E-state index in [1.807, 2.05) is 23.1 Å². The number of benzene rings is 1. The maximum Gasteiger partial charge on any atom is 0.263 e. The molecule has 1 saturated heterocycles. The van der Waals surface area contributed by atoms with Gasteiger partial charge < -0.3 is 15.0 Å². The molecule has 2 heterocycles. The quantitative estimate of drug-likeness (QED) is 0.658. The second-order valence-electron chi connectivity index (χ2n) is 5.69. The van der Waals surface area contributed by atoms with E-state index in [0.717, 1.165) is 24.1 Å². The first-order chi connectivity index (χ1) is 11.1. The standard InChI is InChI=1S/C16H14N2O3S2/c19-14-13(23-16(22)17-14)8-9-1-4-12-11(7-9)18(5-6-21-12)15(20)10-2-3-10/h1,4,7-8,10H,2-3,5-6H2,(H,17,19,22)/b13-8-. The average molecular weight is 346 g/mol. The van der Waals surface area contributed by atoms with Crippen LogP contribution in [0, 0.1) is 5.92 Å². The Morgan fingerprint density at radius 1 is 1.43 bits per heavy atom. The van der Waals surface area contributed by atoms with Crippen LogP contribution in [0.3, 0.4) is 0 Å². The van der Waals surface area contributed by atoms with Gasteiger partial charge in [0.1, 0.15) is 16.7 Å². The molecule has 0 unspecified atom stereocenters. The monoisotopic (exact) mass is 346 g/mol. The number of amides is 2. The van der Waals surface area contributed by atoms with Crippen molar-refractivity contribution >= 4 is 51.9 Å². The summed E-state index contributed by atoms with van der Waals surface area (Å²) >= 11 is 6.24. The number of anilines is 1. The average Bonchev–Trinajstić information content (AvgIpc) is 3.33. The van der Waals surface area contributed by atoms with E-state index in [2.05, 4.69) is 5.32 Å². The third-order valence-corrected chi connectivity index (χ3v) is 5.14. The Morgan fingerprint density at radius 2 is 2.26 bits per heavy atom. The van der Waals surface area contributed by atoms with Crippen LogP contribution in [0.5, 0.6) is 5.75 Å². The Morgan fingerprint density at radius 3 is 2.96 bits per heavy atom. The molecule has 3 aliphatic rings. The SMILES string of the molecule is O=C1NC(=S)S/C1=C\c1ccc2c(c1)N(C(=O)C1CC1)CCO2. The molecule has 0 bridgehead atoms. The minimum Gasteiger partial charge on any atom is -0.490 e. The number of hydrogen-bond donors (Lipinski definition) is 1. The fourth-order valence-electron chi connectivity index (χ4n) is 2.68. The van der Waals surface area contributed by atoms with Gasteiger partial charge in [0, 0.05) is 5.92 Å². The maximum atomic E-state index is 12.4. The van der Waals surface area contributed by atoms with Crippen LogP contribution in [0.2, 0.25) is 0 Å². The topological polar surface area (TPSA) is 58.6 Å². The van der Waals surface area contributed by atoms with Crippen molar-refractivity contribution in [1.29, 1.82) is 0 Å². The lowest BCUT2D eigenvalue weighted by Crippen LogP contribution is -2.38. The molecule has 2 aliphatic heterocycles. The molecule has 5 nitrogen and oxygen atoms in total. The largest absolute Gasteiger partial charge is 0.490 e. The minimum atomic E-state index is -0.181. The normalized spacial score (nSPS) is 21.9. The van der Waals surface area contributed by atoms with Gasteiger partial charge in [-0.3, -0.25) is 9.59 Å². The van der Waals surface area contributed by atoms with E-state index < -0.39 is 0 Å². The molecular weight excluding hydrogens is 332 g/mol. The summed E-state index contributed by atoms with van der Waals surface area (Å²) in [4.78, 5) is 26.6. The fraction of sp³-hybridized carbons (Fsp3) is 0.312. The van der Waals surface area contributed by atoms with E-state index in [-0.39, 0.29) is 17.7 Å². The molecular formula is C16H14N2O3S2. The van der Waals surface area contributed by atoms with Crippen LogP contribution in [0.4, 0.5) is 5.69 Å². The first-order valence-corrected chi connectivity index (χ1v) is 8.67. The minimum absolute atomic E-state index is 0.163. The first-order valence-electron chi connectivity index (χ1n) is 7.45. The molecule has 1 N–H and O–H groups in total. The summed E-state index contributed by atoms with van der Waals surface area (Å²) in [5.74, 6) is 0.872. The Hall–Kier alpha value is -1.86. The highest BCUT2D eigenvalue weighted by Gasteiger charge is 2.36. The van der Waals surface area contributed by atoms with Gasteiger partial charge in [-0.1, -0.05) is 30.0 Å². The van der Waals surface area contributed by atoms with Crippen LogP contribution in [-0.2, 0) is 9.59 Å². The van der Waals surface area contributed by atoms with Crippen molar-refractivity contribution in [2.75, 3.05) is 18.1 Å². The number of carbonyl (C=O) groups excluding carboxylic acids is 2. The van der Waals surface area contributed by atoms with Gasteiger partial charge in [-0.25, -0.2) is 0 Å². The molecule has 2 fully saturated rings. The predicted molar refractivity (Wildman–Crippen MR) is 93.3 cm³/mol. The molecule has 1 aromatic rings. The van der Waals surface area contributed by atoms with E-state index >= 15 is 0 Å². The number of carbonyl (C=O) groups is 2. The summed E-state index contributed by atoms with van der Waals surface area (Å²) < 4.78 is 6.11. The third kappa shape index (κ3) is 2.86. The number of hydrogen-bond acceptors (Lipinski definition) is 5. The molecule has 0 atom stereocenters. The smallest absolute Gasteiger partial charge is 0.263 e. The molecule has 23 heavy (non-hydrogen) atoms. The third-order valence-electron chi connectivity index (χ3n) is 3.98. The van der Waals surface area contributed by atoms with Crippen LogP contribution in [0.25, 0.3) is 6.08 Å². The second kappa shape index (κ2) is 5.65. The summed E-state index contributed by atoms with van der Waals surface area (Å²) in [6, 6.07) is 5.63. The Kier molecular flexibility index (Phi) is 3.61. The van der Waals surface area contributed by atoms with Crippen molar-refractivity contribution in [1.82, 2.24) is 5.32 Å². The van der Waals surface area contributed by atoms with Crippen LogP contribution in [0.1, 0.15) is 18.4 Å². The number of thiocarbonyl (C=S) groups is 1. The number of ether oxygens (including phenoxy) is 1. The first kappa shape index (κ1) is 14.7. The van der Waals surface area contributed by atoms with Crippen LogP contribution < -0.4 is 15.0 Å². The molecule has 0 aromatic heterocycles. The highest BCUT2D eigenvalue weighted by Crippen LogP contribution is 2.38. The van der Waals surface area contributed by atoms with Crippen LogP contribution >= 0.6 is 24.0 Å². The summed E-state index contributed by atoms with van der Waals surface area (Å²) in [5, 5.41) is 2.60. The van der Waals surface area contributed by atoms with Gasteiger partial charge in [0.2, 0.25) is 5.91 Å². The zero-order chi connectivity index (χ0) is 16.0. The van der Waals surface area contributed by atoms with Gasteiger partial charge >= 0.3 is 0 Å². The van der Waals surface area contributed by atoms with Gasteiger partial charge in [0.25, 0.3) is 5.91 Å². The molecule has 1 aromatic carbocycles. The lowest BCUT2D eigenvalue weighted by molar-refractivity contribution is -0.120. The second-order valence-corrected chi connectivity index (χ2v) is 7.41. The number of thioether (sulfide) groups is 1. The van der Waals surface area contributed by atoms with Crippen molar-refractivity contribution in [3.8, 4) is 5.75 Å². The Labute approximate surface area is 143 Å². The highest BCUT2D eigenvalue weighted by molar-refractivity contribution is 8.26. The van der Waals surface area contributed by atoms with E-state index in [1.54, 1.807) is 6.08 Å². The van der Waals surface area contributed by atoms with Gasteiger partial charge in [0.15, 0.2) is 0 Å². The highest BCUT2D eigenvalue weighted by atomic mass is 32.2. The molecule has 4 rings (SSSR count). The number of nitrogens with zero attached hydrogens (tertiary/aromatic N) is 1. The van der Waals surface area contributed by atoms with E-state index in [1.165, 1.54) is 11.8 Å². The zero-order valence-electron chi connectivity index (χ0n) is 12.2. The van der Waals surface area contributed by atoms with Gasteiger partial charge in [0.05, 0.1) is 17.1 Å². The molecule has 0 spiro atoms. The van der Waals surface area contributed by atoms with Crippen LogP contribution in [0.15, 0.2) is 23.1 Å². The lowest BCUT2D eigenvalue weighted by atomic mass is 10.1. The van der Waals surface area contributed by atoms with Crippen molar-refractivity contribution in [2.24, 2.45) is 5.92 Å². The molecule has 2 amide bonds. The predicted octanol–water partition coefficient (Wildman–Crippen LogP) is 2.31. The van der Waals surface area contributed by atoms with Gasteiger partial charge in [-0.05, 0) is 36.6 Å². The fourth-order valence-corrected chi connectivity index (χ4v) is 3.72. The van der Waals surface area contributed by atoms with Gasteiger partial charge in [-0.2, -0.15) is 0 Å². The van der Waals surface area contributed by atoms with E-state index in [9.17, 15) is 9.59 Å². The van der Waals surface area contributed by atoms with E-state index in [4.69, 9.17) is 17.0 Å². The van der Waals surface area contributed by atoms with Crippen molar-refractivity contribution in [2.45, 2.75) is 12.8 Å².